The van der Waals surface area contributed by atoms with E-state index in [-0.39, 0.29) is 18.1 Å². The maximum Gasteiger partial charge on any atom is 0.413 e. The van der Waals surface area contributed by atoms with E-state index in [1.165, 1.54) is 12.1 Å². The standard InChI is InChI=1S/C16H18N2O6/c1-2-23-16(22)17-13(19)10-24-15(21)11-5-7-12(8-6-11)18-9-3-4-14(18)20/h5-8H,2-4,9-10H2,1H3,(H,17,19,22). The fourth-order valence-electron chi connectivity index (χ4n) is 2.23. The smallest absolute Gasteiger partial charge is 0.413 e. The molecule has 0 radical (unpaired) electrons. The van der Waals surface area contributed by atoms with E-state index >= 15 is 0 Å². The summed E-state index contributed by atoms with van der Waals surface area (Å²) < 4.78 is 9.35. The molecule has 1 heterocycles. The summed E-state index contributed by atoms with van der Waals surface area (Å²) in [6.07, 6.45) is 0.454. The van der Waals surface area contributed by atoms with Gasteiger partial charge in [0.25, 0.3) is 5.91 Å². The molecular weight excluding hydrogens is 316 g/mol. The first-order valence-electron chi connectivity index (χ1n) is 7.55. The molecule has 3 amide bonds. The minimum absolute atomic E-state index is 0.0564. The topological polar surface area (TPSA) is 102 Å². The lowest BCUT2D eigenvalue weighted by atomic mass is 10.2. The lowest BCUT2D eigenvalue weighted by Gasteiger charge is -2.15. The summed E-state index contributed by atoms with van der Waals surface area (Å²) in [5.74, 6) is -1.42. The summed E-state index contributed by atoms with van der Waals surface area (Å²) in [7, 11) is 0. The number of alkyl carbamates (subject to hydrolysis) is 1. The average molecular weight is 334 g/mol. The van der Waals surface area contributed by atoms with Gasteiger partial charge in [0.15, 0.2) is 6.61 Å². The second-order valence-corrected chi connectivity index (χ2v) is 5.04. The summed E-state index contributed by atoms with van der Waals surface area (Å²) in [4.78, 5) is 47.6. The SMILES string of the molecule is CCOC(=O)NC(=O)COC(=O)c1ccc(N2CCCC2=O)cc1. The first-order chi connectivity index (χ1) is 11.5. The van der Waals surface area contributed by atoms with Gasteiger partial charge in [-0.1, -0.05) is 0 Å². The zero-order chi connectivity index (χ0) is 17.5. The van der Waals surface area contributed by atoms with Crippen LogP contribution in [0, 0.1) is 0 Å². The van der Waals surface area contributed by atoms with Crippen LogP contribution in [0.15, 0.2) is 24.3 Å². The Morgan fingerprint density at radius 2 is 1.88 bits per heavy atom. The van der Waals surface area contributed by atoms with Gasteiger partial charge in [0.05, 0.1) is 12.2 Å². The Kier molecular flexibility index (Phi) is 5.89. The Morgan fingerprint density at radius 3 is 2.46 bits per heavy atom. The number of carbonyl (C=O) groups is 4. The summed E-state index contributed by atoms with van der Waals surface area (Å²) >= 11 is 0. The van der Waals surface area contributed by atoms with Crippen LogP contribution in [0.3, 0.4) is 0 Å². The van der Waals surface area contributed by atoms with Gasteiger partial charge in [0.1, 0.15) is 0 Å². The van der Waals surface area contributed by atoms with E-state index in [0.29, 0.717) is 18.7 Å². The number of esters is 1. The van der Waals surface area contributed by atoms with Crippen LogP contribution in [0.25, 0.3) is 0 Å². The van der Waals surface area contributed by atoms with E-state index in [4.69, 9.17) is 4.74 Å². The number of ether oxygens (including phenoxy) is 2. The molecular formula is C16H18N2O6. The Bertz CT molecular complexity index is 640. The summed E-state index contributed by atoms with van der Waals surface area (Å²) in [5, 5.41) is 1.92. The van der Waals surface area contributed by atoms with E-state index in [1.54, 1.807) is 24.0 Å². The highest BCUT2D eigenvalue weighted by atomic mass is 16.6. The second-order valence-electron chi connectivity index (χ2n) is 5.04. The number of nitrogens with zero attached hydrogens (tertiary/aromatic N) is 1. The van der Waals surface area contributed by atoms with Crippen LogP contribution in [-0.2, 0) is 19.1 Å². The van der Waals surface area contributed by atoms with Gasteiger partial charge >= 0.3 is 12.1 Å². The third-order valence-electron chi connectivity index (χ3n) is 3.34. The highest BCUT2D eigenvalue weighted by Crippen LogP contribution is 2.21. The molecule has 0 spiro atoms. The molecule has 1 N–H and O–H groups in total. The van der Waals surface area contributed by atoms with E-state index in [9.17, 15) is 19.2 Å². The van der Waals surface area contributed by atoms with Crippen LogP contribution < -0.4 is 10.2 Å². The number of carbonyl (C=O) groups excluding carboxylic acids is 4. The van der Waals surface area contributed by atoms with Crippen LogP contribution in [0.5, 0.6) is 0 Å². The largest absolute Gasteiger partial charge is 0.452 e. The number of hydrogen-bond donors (Lipinski definition) is 1. The van der Waals surface area contributed by atoms with Crippen molar-refractivity contribution >= 4 is 29.6 Å². The molecule has 8 nitrogen and oxygen atoms in total. The van der Waals surface area contributed by atoms with Crippen LogP contribution in [0.4, 0.5) is 10.5 Å². The third kappa shape index (κ3) is 4.55. The van der Waals surface area contributed by atoms with Crippen molar-refractivity contribution in [3.8, 4) is 0 Å². The number of rotatable bonds is 5. The van der Waals surface area contributed by atoms with Crippen molar-refractivity contribution in [2.45, 2.75) is 19.8 Å². The normalized spacial score (nSPS) is 13.5. The van der Waals surface area contributed by atoms with Crippen molar-refractivity contribution in [2.75, 3.05) is 24.7 Å². The van der Waals surface area contributed by atoms with Crippen molar-refractivity contribution in [3.63, 3.8) is 0 Å². The number of amides is 3. The summed E-state index contributed by atoms with van der Waals surface area (Å²) in [6, 6.07) is 6.34. The molecule has 0 aromatic heterocycles. The Morgan fingerprint density at radius 1 is 1.17 bits per heavy atom. The average Bonchev–Trinajstić information content (AvgIpc) is 2.99. The van der Waals surface area contributed by atoms with Crippen LogP contribution in [0.1, 0.15) is 30.1 Å². The zero-order valence-electron chi connectivity index (χ0n) is 13.2. The molecule has 1 saturated heterocycles. The van der Waals surface area contributed by atoms with Crippen LogP contribution in [-0.4, -0.2) is 43.6 Å². The predicted molar refractivity (Wildman–Crippen MR) is 83.5 cm³/mol. The molecule has 1 aliphatic rings. The van der Waals surface area contributed by atoms with Crippen LogP contribution >= 0.6 is 0 Å². The van der Waals surface area contributed by atoms with Gasteiger partial charge < -0.3 is 14.4 Å². The van der Waals surface area contributed by atoms with E-state index in [2.05, 4.69) is 4.74 Å². The van der Waals surface area contributed by atoms with E-state index in [1.807, 2.05) is 5.32 Å². The monoisotopic (exact) mass is 334 g/mol. The molecule has 128 valence electrons. The Balaban J connectivity index is 1.85. The molecule has 0 bridgehead atoms. The van der Waals surface area contributed by atoms with Gasteiger partial charge in [-0.05, 0) is 37.6 Å². The van der Waals surface area contributed by atoms with Gasteiger partial charge in [-0.25, -0.2) is 9.59 Å². The van der Waals surface area contributed by atoms with Gasteiger partial charge in [0, 0.05) is 18.7 Å². The molecule has 1 aliphatic heterocycles. The molecule has 0 aliphatic carbocycles. The molecule has 0 atom stereocenters. The molecule has 24 heavy (non-hydrogen) atoms. The van der Waals surface area contributed by atoms with Gasteiger partial charge in [-0.15, -0.1) is 0 Å². The van der Waals surface area contributed by atoms with Crippen molar-refractivity contribution in [3.05, 3.63) is 29.8 Å². The highest BCUT2D eigenvalue weighted by molar-refractivity contribution is 5.97. The summed E-state index contributed by atoms with van der Waals surface area (Å²) in [6.45, 7) is 1.80. The maximum atomic E-state index is 11.9. The fraction of sp³-hybridized carbons (Fsp3) is 0.375. The van der Waals surface area contributed by atoms with E-state index < -0.39 is 24.6 Å². The van der Waals surface area contributed by atoms with Crippen molar-refractivity contribution in [1.82, 2.24) is 5.32 Å². The molecule has 0 saturated carbocycles. The molecule has 1 fully saturated rings. The fourth-order valence-corrected chi connectivity index (χ4v) is 2.23. The zero-order valence-corrected chi connectivity index (χ0v) is 13.2. The van der Waals surface area contributed by atoms with Crippen molar-refractivity contribution < 1.29 is 28.7 Å². The molecule has 1 aromatic rings. The molecule has 8 heteroatoms. The number of imide groups is 1. The first-order valence-corrected chi connectivity index (χ1v) is 7.55. The predicted octanol–water partition coefficient (Wildman–Crippen LogP) is 1.24. The number of anilines is 1. The molecule has 2 rings (SSSR count). The van der Waals surface area contributed by atoms with Gasteiger partial charge in [0.2, 0.25) is 5.91 Å². The third-order valence-corrected chi connectivity index (χ3v) is 3.34. The van der Waals surface area contributed by atoms with Crippen LogP contribution in [0.2, 0.25) is 0 Å². The number of benzene rings is 1. The minimum atomic E-state index is -0.891. The molecule has 1 aromatic carbocycles. The quantitative estimate of drug-likeness (QED) is 0.813. The molecule has 0 unspecified atom stereocenters. The first kappa shape index (κ1) is 17.5. The van der Waals surface area contributed by atoms with Gasteiger partial charge in [-0.2, -0.15) is 0 Å². The maximum absolute atomic E-state index is 11.9. The Labute approximate surface area is 138 Å². The number of hydrogen-bond acceptors (Lipinski definition) is 6. The second kappa shape index (κ2) is 8.09. The number of nitrogens with one attached hydrogen (secondary N) is 1. The summed E-state index contributed by atoms with van der Waals surface area (Å²) in [5.41, 5.74) is 0.962. The van der Waals surface area contributed by atoms with Crippen molar-refractivity contribution in [1.29, 1.82) is 0 Å². The van der Waals surface area contributed by atoms with Gasteiger partial charge in [-0.3, -0.25) is 14.9 Å². The lowest BCUT2D eigenvalue weighted by molar-refractivity contribution is -0.123. The lowest BCUT2D eigenvalue weighted by Crippen LogP contribution is -2.34. The Hall–Kier alpha value is -2.90. The van der Waals surface area contributed by atoms with E-state index in [0.717, 1.165) is 6.42 Å². The van der Waals surface area contributed by atoms with Crippen molar-refractivity contribution in [2.24, 2.45) is 0 Å². The minimum Gasteiger partial charge on any atom is -0.452 e. The highest BCUT2D eigenvalue weighted by Gasteiger charge is 2.22.